The maximum Gasteiger partial charge on any atom is 0.147 e. The van der Waals surface area contributed by atoms with Crippen molar-refractivity contribution in [3.05, 3.63) is 12.2 Å². The maximum atomic E-state index is 4.21. The molecule has 1 atom stereocenters. The molecule has 0 saturated carbocycles. The molecule has 1 aliphatic heterocycles. The molecule has 1 aromatic heterocycles. The summed E-state index contributed by atoms with van der Waals surface area (Å²) in [7, 11) is 0. The Labute approximate surface area is 116 Å². The van der Waals surface area contributed by atoms with Crippen molar-refractivity contribution in [2.24, 2.45) is 0 Å². The van der Waals surface area contributed by atoms with E-state index in [1.165, 1.54) is 12.8 Å². The van der Waals surface area contributed by atoms with Crippen LogP contribution in [-0.4, -0.2) is 44.3 Å². The van der Waals surface area contributed by atoms with Gasteiger partial charge in [-0.25, -0.2) is 0 Å². The zero-order valence-electron chi connectivity index (χ0n) is 12.7. The zero-order valence-corrected chi connectivity index (χ0v) is 12.7. The number of nitrogens with zero attached hydrogens (tertiary/aromatic N) is 4. The minimum atomic E-state index is 0.182. The van der Waals surface area contributed by atoms with Gasteiger partial charge in [-0.2, -0.15) is 0 Å². The first-order valence-corrected chi connectivity index (χ1v) is 7.35. The van der Waals surface area contributed by atoms with E-state index in [4.69, 9.17) is 0 Å². The minimum absolute atomic E-state index is 0.182. The Bertz CT molecular complexity index is 393. The lowest BCUT2D eigenvalue weighted by molar-refractivity contribution is 0.135. The van der Waals surface area contributed by atoms with Crippen molar-refractivity contribution >= 4 is 0 Å². The van der Waals surface area contributed by atoms with Gasteiger partial charge in [0.15, 0.2) is 0 Å². The van der Waals surface area contributed by atoms with Crippen LogP contribution < -0.4 is 5.32 Å². The molecule has 5 nitrogen and oxygen atoms in total. The Morgan fingerprint density at radius 3 is 2.84 bits per heavy atom. The zero-order chi connectivity index (χ0) is 13.9. The van der Waals surface area contributed by atoms with Crippen LogP contribution in [0.5, 0.6) is 0 Å². The quantitative estimate of drug-likeness (QED) is 0.879. The van der Waals surface area contributed by atoms with Gasteiger partial charge in [-0.3, -0.25) is 4.90 Å². The van der Waals surface area contributed by atoms with Gasteiger partial charge in [0.05, 0.1) is 6.54 Å². The first-order chi connectivity index (χ1) is 8.99. The molecule has 0 spiro atoms. The summed E-state index contributed by atoms with van der Waals surface area (Å²) in [6, 6.07) is 0.592. The number of rotatable bonds is 5. The van der Waals surface area contributed by atoms with E-state index in [1.807, 2.05) is 6.33 Å². The van der Waals surface area contributed by atoms with E-state index in [2.05, 4.69) is 52.7 Å². The van der Waals surface area contributed by atoms with Crippen LogP contribution in [0.2, 0.25) is 0 Å². The SMILES string of the molecule is CCCC(CNC(C)(C)C)N1CCn2cnnc2C1. The minimum Gasteiger partial charge on any atom is -0.315 e. The maximum absolute atomic E-state index is 4.21. The predicted molar refractivity (Wildman–Crippen MR) is 76.9 cm³/mol. The number of hydrogen-bond donors (Lipinski definition) is 1. The normalized spacial score (nSPS) is 18.3. The molecule has 1 aromatic rings. The lowest BCUT2D eigenvalue weighted by Gasteiger charge is -2.36. The number of fused-ring (bicyclic) bond motifs is 1. The number of nitrogens with one attached hydrogen (secondary N) is 1. The van der Waals surface area contributed by atoms with Gasteiger partial charge in [0.1, 0.15) is 12.2 Å². The summed E-state index contributed by atoms with van der Waals surface area (Å²) in [5.41, 5.74) is 0.182. The van der Waals surface area contributed by atoms with E-state index < -0.39 is 0 Å². The molecule has 108 valence electrons. The molecule has 1 aliphatic rings. The summed E-state index contributed by atoms with van der Waals surface area (Å²) in [5, 5.41) is 11.8. The third kappa shape index (κ3) is 4.01. The van der Waals surface area contributed by atoms with Gasteiger partial charge < -0.3 is 9.88 Å². The van der Waals surface area contributed by atoms with Crippen molar-refractivity contribution in [3.63, 3.8) is 0 Å². The van der Waals surface area contributed by atoms with Crippen molar-refractivity contribution in [2.75, 3.05) is 13.1 Å². The van der Waals surface area contributed by atoms with E-state index >= 15 is 0 Å². The molecule has 0 saturated heterocycles. The highest BCUT2D eigenvalue weighted by Gasteiger charge is 2.25. The fourth-order valence-electron chi connectivity index (χ4n) is 2.57. The average Bonchev–Trinajstić information content (AvgIpc) is 2.80. The molecule has 1 unspecified atom stereocenters. The van der Waals surface area contributed by atoms with E-state index in [1.54, 1.807) is 0 Å². The lowest BCUT2D eigenvalue weighted by Crippen LogP contribution is -2.49. The van der Waals surface area contributed by atoms with Gasteiger partial charge >= 0.3 is 0 Å². The summed E-state index contributed by atoms with van der Waals surface area (Å²) in [6.45, 7) is 13.0. The molecule has 0 fully saturated rings. The van der Waals surface area contributed by atoms with Crippen molar-refractivity contribution < 1.29 is 0 Å². The third-order valence-electron chi connectivity index (χ3n) is 3.67. The second-order valence-electron chi connectivity index (χ2n) is 6.48. The smallest absolute Gasteiger partial charge is 0.147 e. The fourth-order valence-corrected chi connectivity index (χ4v) is 2.57. The highest BCUT2D eigenvalue weighted by Crippen LogP contribution is 2.16. The van der Waals surface area contributed by atoms with E-state index in [9.17, 15) is 0 Å². The standard InChI is InChI=1S/C14H27N5/c1-5-6-12(9-15-14(2,3)4)18-7-8-19-11-16-17-13(19)10-18/h11-12,15H,5-10H2,1-4H3. The van der Waals surface area contributed by atoms with Crippen molar-refractivity contribution in [1.29, 1.82) is 0 Å². The molecular weight excluding hydrogens is 238 g/mol. The van der Waals surface area contributed by atoms with Crippen LogP contribution in [0.4, 0.5) is 0 Å². The average molecular weight is 265 g/mol. The molecule has 0 amide bonds. The van der Waals surface area contributed by atoms with Gasteiger partial charge in [0.25, 0.3) is 0 Å². The van der Waals surface area contributed by atoms with Gasteiger partial charge in [-0.15, -0.1) is 10.2 Å². The highest BCUT2D eigenvalue weighted by molar-refractivity contribution is 4.92. The van der Waals surface area contributed by atoms with Crippen LogP contribution in [0.3, 0.4) is 0 Å². The molecule has 2 rings (SSSR count). The van der Waals surface area contributed by atoms with Crippen LogP contribution in [0.1, 0.15) is 46.4 Å². The molecular formula is C14H27N5. The Hall–Kier alpha value is -0.940. The van der Waals surface area contributed by atoms with Crippen molar-refractivity contribution in [2.45, 2.75) is 65.2 Å². The first-order valence-electron chi connectivity index (χ1n) is 7.35. The van der Waals surface area contributed by atoms with Gasteiger partial charge in [-0.1, -0.05) is 13.3 Å². The van der Waals surface area contributed by atoms with Gasteiger partial charge in [0.2, 0.25) is 0 Å². The first kappa shape index (κ1) is 14.5. The number of hydrogen-bond acceptors (Lipinski definition) is 4. The summed E-state index contributed by atoms with van der Waals surface area (Å²) < 4.78 is 2.16. The summed E-state index contributed by atoms with van der Waals surface area (Å²) >= 11 is 0. The van der Waals surface area contributed by atoms with Crippen LogP contribution in [0.15, 0.2) is 6.33 Å². The molecule has 0 aromatic carbocycles. The summed E-state index contributed by atoms with van der Waals surface area (Å²) in [5.74, 6) is 1.10. The summed E-state index contributed by atoms with van der Waals surface area (Å²) in [6.07, 6.45) is 4.30. The molecule has 0 aliphatic carbocycles. The van der Waals surface area contributed by atoms with E-state index in [0.29, 0.717) is 6.04 Å². The van der Waals surface area contributed by atoms with Crippen LogP contribution in [0.25, 0.3) is 0 Å². The molecule has 1 N–H and O–H groups in total. The van der Waals surface area contributed by atoms with Gasteiger partial charge in [-0.05, 0) is 27.2 Å². The summed E-state index contributed by atoms with van der Waals surface area (Å²) in [4.78, 5) is 2.55. The molecule has 2 heterocycles. The van der Waals surface area contributed by atoms with Crippen LogP contribution in [0, 0.1) is 0 Å². The second kappa shape index (κ2) is 6.01. The molecule has 5 heteroatoms. The van der Waals surface area contributed by atoms with Crippen molar-refractivity contribution in [3.8, 4) is 0 Å². The van der Waals surface area contributed by atoms with Crippen LogP contribution >= 0.6 is 0 Å². The largest absolute Gasteiger partial charge is 0.315 e. The molecule has 19 heavy (non-hydrogen) atoms. The van der Waals surface area contributed by atoms with Crippen molar-refractivity contribution in [1.82, 2.24) is 25.0 Å². The Morgan fingerprint density at radius 2 is 2.16 bits per heavy atom. The van der Waals surface area contributed by atoms with E-state index in [-0.39, 0.29) is 5.54 Å². The monoisotopic (exact) mass is 265 g/mol. The van der Waals surface area contributed by atoms with Gasteiger partial charge in [0, 0.05) is 31.2 Å². The van der Waals surface area contributed by atoms with Crippen LogP contribution in [-0.2, 0) is 13.1 Å². The van der Waals surface area contributed by atoms with E-state index in [0.717, 1.165) is 32.0 Å². The Morgan fingerprint density at radius 1 is 1.37 bits per heavy atom. The third-order valence-corrected chi connectivity index (χ3v) is 3.67. The topological polar surface area (TPSA) is 46.0 Å². The Balaban J connectivity index is 1.96. The lowest BCUT2D eigenvalue weighted by atomic mass is 10.1. The molecule has 0 radical (unpaired) electrons. The molecule has 0 bridgehead atoms. The predicted octanol–water partition coefficient (Wildman–Crippen LogP) is 1.65. The Kier molecular flexibility index (Phi) is 4.58. The highest BCUT2D eigenvalue weighted by atomic mass is 15.3. The number of aromatic nitrogens is 3. The fraction of sp³-hybridized carbons (Fsp3) is 0.857. The second-order valence-corrected chi connectivity index (χ2v) is 6.48.